The minimum absolute atomic E-state index is 0.142. The van der Waals surface area contributed by atoms with Gasteiger partial charge in [-0.1, -0.05) is 18.5 Å². The molecule has 1 amide bonds. The van der Waals surface area contributed by atoms with Crippen LogP contribution in [0.15, 0.2) is 30.6 Å². The Morgan fingerprint density at radius 2 is 2.14 bits per heavy atom. The van der Waals surface area contributed by atoms with E-state index in [9.17, 15) is 4.79 Å². The van der Waals surface area contributed by atoms with Crippen LogP contribution in [0.1, 0.15) is 13.3 Å². The number of fused-ring (bicyclic) bond motifs is 1. The zero-order chi connectivity index (χ0) is 19.7. The second kappa shape index (κ2) is 7.47. The van der Waals surface area contributed by atoms with Crippen molar-refractivity contribution in [2.24, 2.45) is 5.92 Å². The molecule has 0 aliphatic carbocycles. The van der Waals surface area contributed by atoms with Crippen LogP contribution in [-0.4, -0.2) is 55.1 Å². The minimum Gasteiger partial charge on any atom is -0.465 e. The third-order valence-electron chi connectivity index (χ3n) is 4.60. The summed E-state index contributed by atoms with van der Waals surface area (Å²) in [5.74, 6) is 0.748. The Bertz CT molecular complexity index is 1010. The number of carbonyl (C=O) groups is 1. The molecule has 3 aromatic rings. The van der Waals surface area contributed by atoms with E-state index in [0.29, 0.717) is 29.2 Å². The fourth-order valence-corrected chi connectivity index (χ4v) is 3.69. The lowest BCUT2D eigenvalue weighted by Crippen LogP contribution is -2.50. The van der Waals surface area contributed by atoms with Crippen LogP contribution in [-0.2, 0) is 0 Å². The summed E-state index contributed by atoms with van der Waals surface area (Å²) >= 11 is 5.99. The second-order valence-corrected chi connectivity index (χ2v) is 7.25. The molecule has 1 saturated heterocycles. The largest absolute Gasteiger partial charge is 0.465 e. The standard InChI is InChI=1S/C17H19ClN8O2/c1-10-6-11(20-17(27)28)9-25(8-10)13-4-5-19-7-12(13)21-16-23-22-15-3-2-14(18)24-26(15)16/h2-5,7,10-11,20H,6,8-9H2,1H3,(H,21,23)(H,27,28). The first-order valence-corrected chi connectivity index (χ1v) is 9.21. The molecule has 0 radical (unpaired) electrons. The summed E-state index contributed by atoms with van der Waals surface area (Å²) in [6, 6.07) is 5.13. The highest BCUT2D eigenvalue weighted by Crippen LogP contribution is 2.31. The zero-order valence-electron chi connectivity index (χ0n) is 15.1. The van der Waals surface area contributed by atoms with Gasteiger partial charge < -0.3 is 20.6 Å². The van der Waals surface area contributed by atoms with E-state index in [0.717, 1.165) is 24.3 Å². The van der Waals surface area contributed by atoms with Crippen molar-refractivity contribution >= 4 is 40.7 Å². The molecule has 10 nitrogen and oxygen atoms in total. The molecule has 0 spiro atoms. The normalized spacial score (nSPS) is 19.6. The Kier molecular flexibility index (Phi) is 4.86. The van der Waals surface area contributed by atoms with Crippen molar-refractivity contribution in [2.75, 3.05) is 23.3 Å². The molecule has 4 rings (SSSR count). The molecule has 1 aliphatic rings. The van der Waals surface area contributed by atoms with Gasteiger partial charge in [-0.2, -0.15) is 9.61 Å². The predicted molar refractivity (Wildman–Crippen MR) is 104 cm³/mol. The number of nitrogens with zero attached hydrogens (tertiary/aromatic N) is 6. The quantitative estimate of drug-likeness (QED) is 0.608. The Hall–Kier alpha value is -3.14. The number of nitrogens with one attached hydrogen (secondary N) is 2. The summed E-state index contributed by atoms with van der Waals surface area (Å²) in [4.78, 5) is 17.4. The SMILES string of the molecule is CC1CC(NC(=O)O)CN(c2ccncc2Nc2nnc3ccc(Cl)nn23)C1. The summed E-state index contributed by atoms with van der Waals surface area (Å²) in [6.07, 6.45) is 3.19. The fourth-order valence-electron chi connectivity index (χ4n) is 3.55. The highest BCUT2D eigenvalue weighted by molar-refractivity contribution is 6.29. The van der Waals surface area contributed by atoms with Gasteiger partial charge in [-0.25, -0.2) is 4.79 Å². The van der Waals surface area contributed by atoms with Gasteiger partial charge in [0.25, 0.3) is 5.95 Å². The molecule has 146 valence electrons. The van der Waals surface area contributed by atoms with Crippen LogP contribution >= 0.6 is 11.6 Å². The number of carboxylic acid groups (broad SMARTS) is 1. The van der Waals surface area contributed by atoms with E-state index >= 15 is 0 Å². The summed E-state index contributed by atoms with van der Waals surface area (Å²) in [5, 5.41) is 27.6. The van der Waals surface area contributed by atoms with Crippen molar-refractivity contribution in [1.29, 1.82) is 0 Å². The highest BCUT2D eigenvalue weighted by Gasteiger charge is 2.27. The number of hydrogen-bond acceptors (Lipinski definition) is 7. The molecule has 0 bridgehead atoms. The first kappa shape index (κ1) is 18.2. The molecule has 2 unspecified atom stereocenters. The van der Waals surface area contributed by atoms with Gasteiger partial charge in [-0.05, 0) is 30.5 Å². The van der Waals surface area contributed by atoms with E-state index in [1.165, 1.54) is 4.52 Å². The van der Waals surface area contributed by atoms with Crippen molar-refractivity contribution < 1.29 is 9.90 Å². The predicted octanol–water partition coefficient (Wildman–Crippen LogP) is 2.40. The van der Waals surface area contributed by atoms with Gasteiger partial charge in [0.2, 0.25) is 0 Å². The molecule has 2 atom stereocenters. The molecule has 3 aromatic heterocycles. The first-order chi connectivity index (χ1) is 13.5. The maximum Gasteiger partial charge on any atom is 0.404 e. The van der Waals surface area contributed by atoms with Gasteiger partial charge in [0, 0.05) is 25.3 Å². The van der Waals surface area contributed by atoms with Gasteiger partial charge >= 0.3 is 6.09 Å². The second-order valence-electron chi connectivity index (χ2n) is 6.86. The fraction of sp³-hybridized carbons (Fsp3) is 0.353. The Labute approximate surface area is 165 Å². The minimum atomic E-state index is -1.01. The van der Waals surface area contributed by atoms with Crippen LogP contribution < -0.4 is 15.5 Å². The highest BCUT2D eigenvalue weighted by atomic mass is 35.5. The topological polar surface area (TPSA) is 121 Å². The molecule has 4 heterocycles. The van der Waals surface area contributed by atoms with Gasteiger partial charge in [0.05, 0.1) is 17.6 Å². The summed E-state index contributed by atoms with van der Waals surface area (Å²) in [7, 11) is 0. The average molecular weight is 403 g/mol. The Morgan fingerprint density at radius 1 is 1.29 bits per heavy atom. The van der Waals surface area contributed by atoms with E-state index in [-0.39, 0.29) is 6.04 Å². The van der Waals surface area contributed by atoms with E-state index in [1.807, 2.05) is 6.07 Å². The van der Waals surface area contributed by atoms with Crippen LogP contribution in [0.5, 0.6) is 0 Å². The smallest absolute Gasteiger partial charge is 0.404 e. The van der Waals surface area contributed by atoms with E-state index in [4.69, 9.17) is 16.7 Å². The van der Waals surface area contributed by atoms with Gasteiger partial charge in [-0.3, -0.25) is 4.98 Å². The number of rotatable bonds is 4. The summed E-state index contributed by atoms with van der Waals surface area (Å²) in [5.41, 5.74) is 2.19. The Balaban J connectivity index is 1.63. The third kappa shape index (κ3) is 3.77. The van der Waals surface area contributed by atoms with Crippen molar-refractivity contribution in [1.82, 2.24) is 30.1 Å². The average Bonchev–Trinajstić information content (AvgIpc) is 3.03. The van der Waals surface area contributed by atoms with E-state index in [2.05, 4.69) is 42.7 Å². The van der Waals surface area contributed by atoms with Crippen molar-refractivity contribution in [3.05, 3.63) is 35.7 Å². The summed E-state index contributed by atoms with van der Waals surface area (Å²) in [6.45, 7) is 3.48. The molecule has 3 N–H and O–H groups in total. The van der Waals surface area contributed by atoms with Crippen molar-refractivity contribution in [3.8, 4) is 0 Å². The molecule has 1 aliphatic heterocycles. The molecular weight excluding hydrogens is 384 g/mol. The lowest BCUT2D eigenvalue weighted by Gasteiger charge is -2.38. The van der Waals surface area contributed by atoms with Gasteiger partial charge in [0.15, 0.2) is 5.65 Å². The first-order valence-electron chi connectivity index (χ1n) is 8.83. The molecule has 0 saturated carbocycles. The number of anilines is 3. The van der Waals surface area contributed by atoms with Gasteiger partial charge in [0.1, 0.15) is 5.15 Å². The van der Waals surface area contributed by atoms with Crippen LogP contribution in [0.4, 0.5) is 22.1 Å². The van der Waals surface area contributed by atoms with Crippen molar-refractivity contribution in [2.45, 2.75) is 19.4 Å². The van der Waals surface area contributed by atoms with Crippen LogP contribution in [0.25, 0.3) is 5.65 Å². The van der Waals surface area contributed by atoms with E-state index in [1.54, 1.807) is 24.5 Å². The van der Waals surface area contributed by atoms with Crippen LogP contribution in [0.3, 0.4) is 0 Å². The number of piperidine rings is 1. The number of pyridine rings is 1. The molecule has 0 aromatic carbocycles. The van der Waals surface area contributed by atoms with E-state index < -0.39 is 6.09 Å². The zero-order valence-corrected chi connectivity index (χ0v) is 15.8. The molecule has 11 heteroatoms. The molecule has 28 heavy (non-hydrogen) atoms. The lowest BCUT2D eigenvalue weighted by atomic mass is 9.95. The molecule has 1 fully saturated rings. The van der Waals surface area contributed by atoms with Crippen molar-refractivity contribution in [3.63, 3.8) is 0 Å². The number of amides is 1. The maximum absolute atomic E-state index is 11.1. The van der Waals surface area contributed by atoms with Crippen LogP contribution in [0, 0.1) is 5.92 Å². The molecular formula is C17H19ClN8O2. The number of hydrogen-bond donors (Lipinski definition) is 3. The number of halogens is 1. The Morgan fingerprint density at radius 3 is 2.96 bits per heavy atom. The van der Waals surface area contributed by atoms with Gasteiger partial charge in [-0.15, -0.1) is 10.2 Å². The monoisotopic (exact) mass is 402 g/mol. The number of aromatic nitrogens is 5. The van der Waals surface area contributed by atoms with Crippen LogP contribution in [0.2, 0.25) is 5.15 Å². The summed E-state index contributed by atoms with van der Waals surface area (Å²) < 4.78 is 1.52. The third-order valence-corrected chi connectivity index (χ3v) is 4.80. The lowest BCUT2D eigenvalue weighted by molar-refractivity contribution is 0.186. The maximum atomic E-state index is 11.1.